The minimum atomic E-state index is -3.64. The van der Waals surface area contributed by atoms with Gasteiger partial charge in [-0.1, -0.05) is 23.5 Å². The van der Waals surface area contributed by atoms with E-state index in [1.165, 1.54) is 17.4 Å². The zero-order chi connectivity index (χ0) is 16.4. The number of benzene rings is 1. The van der Waals surface area contributed by atoms with E-state index in [-0.39, 0.29) is 10.8 Å². The molecule has 2 aromatic heterocycles. The standard InChI is InChI=1S/C14H13N3O3S3/c1-9-4-5-10-11(7-9)22-14(16-10)17-12(18)8-15-23(19,20)13-3-2-6-21-13/h2-7,15H,8H2,1H3,(H,16,17,18). The monoisotopic (exact) mass is 367 g/mol. The second-order valence-corrected chi connectivity index (χ2v) is 8.77. The van der Waals surface area contributed by atoms with Crippen molar-refractivity contribution in [2.45, 2.75) is 11.1 Å². The van der Waals surface area contributed by atoms with Crippen LogP contribution in [0.15, 0.2) is 39.9 Å². The lowest BCUT2D eigenvalue weighted by Gasteiger charge is -2.04. The van der Waals surface area contributed by atoms with E-state index in [2.05, 4.69) is 15.0 Å². The number of anilines is 1. The number of hydrogen-bond donors (Lipinski definition) is 2. The predicted octanol–water partition coefficient (Wildman–Crippen LogP) is 2.58. The van der Waals surface area contributed by atoms with Gasteiger partial charge in [-0.15, -0.1) is 11.3 Å². The molecular weight excluding hydrogens is 354 g/mol. The van der Waals surface area contributed by atoms with Crippen molar-refractivity contribution in [3.05, 3.63) is 41.3 Å². The van der Waals surface area contributed by atoms with Crippen LogP contribution in [-0.4, -0.2) is 25.9 Å². The number of carbonyl (C=O) groups is 1. The minimum Gasteiger partial charge on any atom is -0.301 e. The van der Waals surface area contributed by atoms with Gasteiger partial charge in [-0.25, -0.2) is 18.1 Å². The van der Waals surface area contributed by atoms with Gasteiger partial charge in [0.1, 0.15) is 4.21 Å². The molecule has 3 rings (SSSR count). The molecule has 0 atom stereocenters. The summed E-state index contributed by atoms with van der Waals surface area (Å²) < 4.78 is 27.3. The largest absolute Gasteiger partial charge is 0.301 e. The average Bonchev–Trinajstić information content (AvgIpc) is 3.14. The number of aryl methyl sites for hydroxylation is 1. The van der Waals surface area contributed by atoms with Gasteiger partial charge in [0.15, 0.2) is 5.13 Å². The van der Waals surface area contributed by atoms with Gasteiger partial charge in [0.2, 0.25) is 5.91 Å². The van der Waals surface area contributed by atoms with Gasteiger partial charge in [0.25, 0.3) is 10.0 Å². The molecule has 1 aromatic carbocycles. The van der Waals surface area contributed by atoms with E-state index in [4.69, 9.17) is 0 Å². The molecule has 2 N–H and O–H groups in total. The van der Waals surface area contributed by atoms with Crippen LogP contribution < -0.4 is 10.0 Å². The molecule has 1 amide bonds. The first-order valence-electron chi connectivity index (χ1n) is 6.64. The molecular formula is C14H13N3O3S3. The number of sulfonamides is 1. The van der Waals surface area contributed by atoms with Crippen LogP contribution in [0.1, 0.15) is 5.56 Å². The number of aromatic nitrogens is 1. The maximum atomic E-state index is 11.9. The van der Waals surface area contributed by atoms with Crippen LogP contribution >= 0.6 is 22.7 Å². The van der Waals surface area contributed by atoms with Crippen molar-refractivity contribution in [2.24, 2.45) is 0 Å². The number of thiazole rings is 1. The predicted molar refractivity (Wildman–Crippen MR) is 92.5 cm³/mol. The Labute approximate surface area is 141 Å². The Morgan fingerprint density at radius 1 is 1.30 bits per heavy atom. The van der Waals surface area contributed by atoms with Gasteiger partial charge in [0.05, 0.1) is 16.8 Å². The van der Waals surface area contributed by atoms with Gasteiger partial charge < -0.3 is 5.32 Å². The Morgan fingerprint density at radius 2 is 2.13 bits per heavy atom. The van der Waals surface area contributed by atoms with Crippen LogP contribution in [0.25, 0.3) is 10.2 Å². The molecule has 0 aliphatic heterocycles. The number of nitrogens with zero attached hydrogens (tertiary/aromatic N) is 1. The van der Waals surface area contributed by atoms with E-state index < -0.39 is 15.9 Å². The first-order chi connectivity index (χ1) is 10.9. The fourth-order valence-electron chi connectivity index (χ4n) is 1.90. The molecule has 0 aliphatic rings. The third kappa shape index (κ3) is 3.75. The molecule has 0 spiro atoms. The molecule has 23 heavy (non-hydrogen) atoms. The summed E-state index contributed by atoms with van der Waals surface area (Å²) in [5.41, 5.74) is 1.91. The van der Waals surface area contributed by atoms with Crippen molar-refractivity contribution in [2.75, 3.05) is 11.9 Å². The van der Waals surface area contributed by atoms with Gasteiger partial charge in [-0.3, -0.25) is 4.79 Å². The Kier molecular flexibility index (Phi) is 4.44. The summed E-state index contributed by atoms with van der Waals surface area (Å²) in [5, 5.41) is 4.73. The summed E-state index contributed by atoms with van der Waals surface area (Å²) >= 11 is 2.45. The molecule has 0 fully saturated rings. The smallest absolute Gasteiger partial charge is 0.250 e. The van der Waals surface area contributed by atoms with E-state index in [9.17, 15) is 13.2 Å². The molecule has 120 valence electrons. The van der Waals surface area contributed by atoms with Crippen molar-refractivity contribution >= 4 is 54.0 Å². The zero-order valence-electron chi connectivity index (χ0n) is 12.1. The Bertz CT molecular complexity index is 946. The highest BCUT2D eigenvalue weighted by atomic mass is 32.2. The lowest BCUT2D eigenvalue weighted by atomic mass is 10.2. The van der Waals surface area contributed by atoms with Crippen LogP contribution in [0.2, 0.25) is 0 Å². The van der Waals surface area contributed by atoms with Crippen molar-refractivity contribution < 1.29 is 13.2 Å². The van der Waals surface area contributed by atoms with Crippen molar-refractivity contribution in [3.8, 4) is 0 Å². The number of amides is 1. The van der Waals surface area contributed by atoms with Crippen LogP contribution in [0.5, 0.6) is 0 Å². The Morgan fingerprint density at radius 3 is 2.87 bits per heavy atom. The summed E-state index contributed by atoms with van der Waals surface area (Å²) in [6.45, 7) is 1.64. The van der Waals surface area contributed by atoms with Gasteiger partial charge in [0, 0.05) is 0 Å². The summed E-state index contributed by atoms with van der Waals surface area (Å²) in [7, 11) is -3.64. The fourth-order valence-corrected chi connectivity index (χ4v) is 4.90. The number of nitrogens with one attached hydrogen (secondary N) is 2. The maximum Gasteiger partial charge on any atom is 0.250 e. The molecule has 2 heterocycles. The number of thiophene rings is 1. The SMILES string of the molecule is Cc1ccc2nc(NC(=O)CNS(=O)(=O)c3cccs3)sc2c1. The first kappa shape index (κ1) is 16.1. The van der Waals surface area contributed by atoms with E-state index in [0.29, 0.717) is 5.13 Å². The molecule has 3 aromatic rings. The number of carbonyl (C=O) groups excluding carboxylic acids is 1. The van der Waals surface area contributed by atoms with Gasteiger partial charge in [-0.2, -0.15) is 0 Å². The minimum absolute atomic E-state index is 0.181. The van der Waals surface area contributed by atoms with E-state index in [1.807, 2.05) is 25.1 Å². The van der Waals surface area contributed by atoms with Crippen LogP contribution in [0, 0.1) is 6.92 Å². The maximum absolute atomic E-state index is 11.9. The van der Waals surface area contributed by atoms with Gasteiger partial charge in [-0.05, 0) is 36.1 Å². The highest BCUT2D eigenvalue weighted by Gasteiger charge is 2.17. The Hall–Kier alpha value is -1.81. The Balaban J connectivity index is 1.64. The molecule has 0 aliphatic carbocycles. The van der Waals surface area contributed by atoms with Crippen LogP contribution in [-0.2, 0) is 14.8 Å². The zero-order valence-corrected chi connectivity index (χ0v) is 14.5. The lowest BCUT2D eigenvalue weighted by Crippen LogP contribution is -2.32. The quantitative estimate of drug-likeness (QED) is 0.725. The third-order valence-corrected chi connectivity index (χ3v) is 6.71. The second kappa shape index (κ2) is 6.36. The lowest BCUT2D eigenvalue weighted by molar-refractivity contribution is -0.115. The van der Waals surface area contributed by atoms with Crippen LogP contribution in [0.4, 0.5) is 5.13 Å². The number of rotatable bonds is 5. The summed E-state index contributed by atoms with van der Waals surface area (Å²) in [6, 6.07) is 8.95. The van der Waals surface area contributed by atoms with Crippen molar-refractivity contribution in [3.63, 3.8) is 0 Å². The van der Waals surface area contributed by atoms with E-state index in [0.717, 1.165) is 27.1 Å². The van der Waals surface area contributed by atoms with E-state index in [1.54, 1.807) is 11.4 Å². The molecule has 0 bridgehead atoms. The molecule has 0 saturated carbocycles. The molecule has 0 radical (unpaired) electrons. The number of hydrogen-bond acceptors (Lipinski definition) is 6. The fraction of sp³-hybridized carbons (Fsp3) is 0.143. The van der Waals surface area contributed by atoms with Crippen molar-refractivity contribution in [1.29, 1.82) is 0 Å². The average molecular weight is 367 g/mol. The summed E-state index contributed by atoms with van der Waals surface area (Å²) in [4.78, 5) is 16.2. The molecule has 0 saturated heterocycles. The highest BCUT2D eigenvalue weighted by molar-refractivity contribution is 7.91. The molecule has 0 unspecified atom stereocenters. The molecule has 6 nitrogen and oxygen atoms in total. The number of fused-ring (bicyclic) bond motifs is 1. The summed E-state index contributed by atoms with van der Waals surface area (Å²) in [5.74, 6) is -0.457. The topological polar surface area (TPSA) is 88.2 Å². The van der Waals surface area contributed by atoms with Gasteiger partial charge >= 0.3 is 0 Å². The van der Waals surface area contributed by atoms with Crippen LogP contribution in [0.3, 0.4) is 0 Å². The second-order valence-electron chi connectivity index (χ2n) is 4.80. The van der Waals surface area contributed by atoms with Crippen molar-refractivity contribution in [1.82, 2.24) is 9.71 Å². The highest BCUT2D eigenvalue weighted by Crippen LogP contribution is 2.26. The third-order valence-electron chi connectivity index (χ3n) is 2.97. The summed E-state index contributed by atoms with van der Waals surface area (Å²) in [6.07, 6.45) is 0. The first-order valence-corrected chi connectivity index (χ1v) is 9.82. The molecule has 9 heteroatoms. The normalized spacial score (nSPS) is 11.7. The van der Waals surface area contributed by atoms with E-state index >= 15 is 0 Å².